The number of fused-ring (bicyclic) bond motifs is 1. The molecule has 0 unspecified atom stereocenters. The van der Waals surface area contributed by atoms with Crippen LogP contribution in [0.25, 0.3) is 11.1 Å². The molecule has 1 saturated carbocycles. The molecule has 2 aromatic carbocycles. The fourth-order valence-corrected chi connectivity index (χ4v) is 6.17. The predicted molar refractivity (Wildman–Crippen MR) is 193 cm³/mol. The summed E-state index contributed by atoms with van der Waals surface area (Å²) in [6.07, 6.45) is 10.9. The summed E-state index contributed by atoms with van der Waals surface area (Å²) in [4.78, 5) is 46.6. The average molecular weight is 723 g/mol. The number of hydrogen-bond acceptors (Lipinski definition) is 10. The second-order valence-electron chi connectivity index (χ2n) is 12.9. The van der Waals surface area contributed by atoms with Crippen LogP contribution in [-0.4, -0.2) is 105 Å². The molecular weight excluding hydrogens is 672 g/mol. The van der Waals surface area contributed by atoms with E-state index in [0.717, 1.165) is 36.0 Å². The van der Waals surface area contributed by atoms with Gasteiger partial charge in [-0.3, -0.25) is 23.9 Å². The molecule has 2 heterocycles. The van der Waals surface area contributed by atoms with Crippen LogP contribution >= 0.6 is 0 Å². The summed E-state index contributed by atoms with van der Waals surface area (Å²) in [6, 6.07) is 10.9. The van der Waals surface area contributed by atoms with Crippen LogP contribution in [0.3, 0.4) is 0 Å². The molecule has 3 aromatic rings. The molecule has 15 heteroatoms. The van der Waals surface area contributed by atoms with E-state index in [1.54, 1.807) is 10.7 Å². The third kappa shape index (κ3) is 12.4. The van der Waals surface area contributed by atoms with Gasteiger partial charge in [0.15, 0.2) is 12.4 Å². The molecule has 15 nitrogen and oxygen atoms in total. The van der Waals surface area contributed by atoms with E-state index >= 15 is 0 Å². The number of carbonyl (C=O) groups is 4. The van der Waals surface area contributed by atoms with Gasteiger partial charge in [0.05, 0.1) is 32.3 Å². The normalized spacial score (nSPS) is 14.6. The standard InChI is InChI=1S/C33H43N5O5.C4H7NO4/c1-37-22-27(21-35-37)25-9-7-24(8-10-25)14-19-42-20-15-31(41)38(28-5-3-2-4-6-28)18-17-34-16-13-26-11-12-29(39)32-33(26)43-23-30(40)36-32;5-2(4(8)9)1-3(6)7/h7-12,21-22,28,34,39H,2-6,13-20,23H2,1H3,(H,36,40);2H,1,5H2,(H,6,7)(H,8,9)/t;2-/m.0/s1. The number of aromatic nitrogens is 2. The van der Waals surface area contributed by atoms with E-state index in [9.17, 15) is 24.3 Å². The van der Waals surface area contributed by atoms with Gasteiger partial charge in [-0.1, -0.05) is 49.6 Å². The summed E-state index contributed by atoms with van der Waals surface area (Å²) in [7, 11) is 1.91. The topological polar surface area (TPSA) is 219 Å². The Morgan fingerprint density at radius 2 is 1.81 bits per heavy atom. The van der Waals surface area contributed by atoms with E-state index in [1.165, 1.54) is 24.8 Å². The van der Waals surface area contributed by atoms with E-state index < -0.39 is 24.4 Å². The summed E-state index contributed by atoms with van der Waals surface area (Å²) < 4.78 is 13.3. The van der Waals surface area contributed by atoms with Crippen molar-refractivity contribution in [1.29, 1.82) is 0 Å². The molecule has 0 saturated heterocycles. The Balaban J connectivity index is 0.000000595. The van der Waals surface area contributed by atoms with Gasteiger partial charge in [-0.15, -0.1) is 0 Å². The van der Waals surface area contributed by atoms with Crippen LogP contribution in [-0.2, 0) is 43.8 Å². The highest BCUT2D eigenvalue weighted by molar-refractivity contribution is 5.97. The van der Waals surface area contributed by atoms with Crippen molar-refractivity contribution in [2.45, 2.75) is 69.9 Å². The molecule has 1 aliphatic carbocycles. The highest BCUT2D eigenvalue weighted by atomic mass is 16.5. The molecule has 52 heavy (non-hydrogen) atoms. The molecule has 5 rings (SSSR count). The quantitative estimate of drug-likeness (QED) is 0.0876. The van der Waals surface area contributed by atoms with Gasteiger partial charge in [0.1, 0.15) is 17.5 Å². The van der Waals surface area contributed by atoms with Crippen molar-refractivity contribution in [3.05, 3.63) is 59.9 Å². The predicted octanol–water partition coefficient (Wildman–Crippen LogP) is 2.94. The second kappa shape index (κ2) is 20.2. The van der Waals surface area contributed by atoms with Gasteiger partial charge >= 0.3 is 11.9 Å². The van der Waals surface area contributed by atoms with Crippen molar-refractivity contribution in [3.63, 3.8) is 0 Å². The van der Waals surface area contributed by atoms with Gasteiger partial charge in [-0.25, -0.2) is 0 Å². The highest BCUT2D eigenvalue weighted by Crippen LogP contribution is 2.39. The van der Waals surface area contributed by atoms with Crippen molar-refractivity contribution in [2.75, 3.05) is 44.8 Å². The number of rotatable bonds is 17. The fourth-order valence-electron chi connectivity index (χ4n) is 6.17. The molecular formula is C37H50N6O9. The van der Waals surface area contributed by atoms with Gasteiger partial charge in [-0.2, -0.15) is 5.10 Å². The number of nitrogens with one attached hydrogen (secondary N) is 2. The maximum atomic E-state index is 13.3. The number of aliphatic carboxylic acids is 2. The molecule has 1 atom stereocenters. The third-order valence-corrected chi connectivity index (χ3v) is 8.96. The molecule has 282 valence electrons. The van der Waals surface area contributed by atoms with Gasteiger partial charge in [0.25, 0.3) is 5.91 Å². The molecule has 1 aromatic heterocycles. The monoisotopic (exact) mass is 722 g/mol. The van der Waals surface area contributed by atoms with Gasteiger partial charge in [-0.05, 0) is 55.0 Å². The third-order valence-electron chi connectivity index (χ3n) is 8.96. The number of carboxylic acid groups (broad SMARTS) is 2. The minimum Gasteiger partial charge on any atom is -0.506 e. The molecule has 0 bridgehead atoms. The van der Waals surface area contributed by atoms with Crippen molar-refractivity contribution >= 4 is 29.4 Å². The van der Waals surface area contributed by atoms with E-state index in [1.807, 2.05) is 25.5 Å². The van der Waals surface area contributed by atoms with E-state index in [4.69, 9.17) is 25.4 Å². The molecule has 0 spiro atoms. The number of phenols is 1. The van der Waals surface area contributed by atoms with Crippen molar-refractivity contribution in [1.82, 2.24) is 20.0 Å². The van der Waals surface area contributed by atoms with Crippen LogP contribution < -0.4 is 21.1 Å². The highest BCUT2D eigenvalue weighted by Gasteiger charge is 2.25. The van der Waals surface area contributed by atoms with Crippen LogP contribution in [0, 0.1) is 0 Å². The maximum Gasteiger partial charge on any atom is 0.321 e. The Bertz CT molecular complexity index is 1640. The maximum absolute atomic E-state index is 13.3. The number of hydrogen-bond donors (Lipinski definition) is 6. The van der Waals surface area contributed by atoms with Crippen LogP contribution in [0.2, 0.25) is 0 Å². The molecule has 2 aliphatic rings. The Kier molecular flexibility index (Phi) is 15.4. The summed E-state index contributed by atoms with van der Waals surface area (Å²) in [5, 5.41) is 36.5. The lowest BCUT2D eigenvalue weighted by atomic mass is 9.94. The SMILES string of the molecule is Cn1cc(-c2ccc(CCOCCC(=O)N(CCNCCc3ccc(O)c4c3OCC(=O)N4)C3CCCCC3)cc2)cn1.N[C@@H](CC(=O)O)C(=O)O. The zero-order chi connectivity index (χ0) is 37.5. The van der Waals surface area contributed by atoms with Crippen LogP contribution in [0.4, 0.5) is 5.69 Å². The molecule has 1 aliphatic heterocycles. The summed E-state index contributed by atoms with van der Waals surface area (Å²) in [5.74, 6) is -2.08. The lowest BCUT2D eigenvalue weighted by Crippen LogP contribution is -2.45. The van der Waals surface area contributed by atoms with Gasteiger partial charge < -0.3 is 46.1 Å². The number of carbonyl (C=O) groups excluding carboxylic acids is 2. The van der Waals surface area contributed by atoms with Crippen molar-refractivity contribution in [3.8, 4) is 22.6 Å². The van der Waals surface area contributed by atoms with Crippen LogP contribution in [0.5, 0.6) is 11.5 Å². The zero-order valence-electron chi connectivity index (χ0n) is 29.6. The average Bonchev–Trinajstić information content (AvgIpc) is 3.57. The van der Waals surface area contributed by atoms with Crippen molar-refractivity contribution < 1.29 is 44.0 Å². The minimum atomic E-state index is -1.29. The first-order valence-corrected chi connectivity index (χ1v) is 17.7. The molecule has 2 amide bonds. The summed E-state index contributed by atoms with van der Waals surface area (Å²) in [6.45, 7) is 2.99. The lowest BCUT2D eigenvalue weighted by Gasteiger charge is -2.34. The number of aromatic hydroxyl groups is 1. The Morgan fingerprint density at radius 3 is 2.46 bits per heavy atom. The van der Waals surface area contributed by atoms with E-state index in [2.05, 4.69) is 44.9 Å². The van der Waals surface area contributed by atoms with E-state index in [-0.39, 0.29) is 24.2 Å². The number of benzene rings is 2. The number of anilines is 1. The zero-order valence-corrected chi connectivity index (χ0v) is 29.6. The number of aryl methyl sites for hydroxylation is 1. The number of ether oxygens (including phenoxy) is 2. The number of nitrogens with two attached hydrogens (primary N) is 1. The van der Waals surface area contributed by atoms with Crippen LogP contribution in [0.1, 0.15) is 56.1 Å². The Labute approximate surface area is 303 Å². The second-order valence-corrected chi connectivity index (χ2v) is 12.9. The smallest absolute Gasteiger partial charge is 0.321 e. The lowest BCUT2D eigenvalue weighted by molar-refractivity contribution is -0.144. The first-order valence-electron chi connectivity index (χ1n) is 17.7. The molecule has 7 N–H and O–H groups in total. The van der Waals surface area contributed by atoms with Gasteiger partial charge in [0, 0.05) is 37.9 Å². The number of carboxylic acids is 2. The number of phenolic OH excluding ortho intramolecular Hbond substituents is 1. The number of amides is 2. The first-order chi connectivity index (χ1) is 25.0. The summed E-state index contributed by atoms with van der Waals surface area (Å²) >= 11 is 0. The molecule has 1 fully saturated rings. The van der Waals surface area contributed by atoms with Gasteiger partial charge in [0.2, 0.25) is 5.91 Å². The molecule has 0 radical (unpaired) electrons. The summed E-state index contributed by atoms with van der Waals surface area (Å²) in [5.41, 5.74) is 9.54. The Morgan fingerprint density at radius 1 is 1.06 bits per heavy atom. The van der Waals surface area contributed by atoms with Crippen LogP contribution in [0.15, 0.2) is 48.8 Å². The first kappa shape index (κ1) is 39.8. The fraction of sp³-hybridized carbons (Fsp3) is 0.486. The Hall–Kier alpha value is -4.99. The van der Waals surface area contributed by atoms with E-state index in [0.29, 0.717) is 63.2 Å². The van der Waals surface area contributed by atoms with Crippen molar-refractivity contribution in [2.24, 2.45) is 12.8 Å². The largest absolute Gasteiger partial charge is 0.506 e. The number of nitrogens with zero attached hydrogens (tertiary/aromatic N) is 3. The minimum absolute atomic E-state index is 0.000764.